The smallest absolute Gasteiger partial charge is 0.422 e. The van der Waals surface area contributed by atoms with Crippen LogP contribution in [0.2, 0.25) is 0 Å². The van der Waals surface area contributed by atoms with E-state index in [-0.39, 0.29) is 5.75 Å². The Balaban J connectivity index is 1.56. The lowest BCUT2D eigenvalue weighted by Crippen LogP contribution is -2.37. The molecule has 0 amide bonds. The van der Waals surface area contributed by atoms with Crippen LogP contribution in [0.25, 0.3) is 0 Å². The molecule has 2 N–H and O–H groups in total. The number of aliphatic imine (C=N–C) groups is 1. The highest BCUT2D eigenvalue weighted by Crippen LogP contribution is 2.19. The van der Waals surface area contributed by atoms with E-state index in [0.717, 1.165) is 43.0 Å². The maximum absolute atomic E-state index is 12.2. The van der Waals surface area contributed by atoms with Crippen molar-refractivity contribution in [1.82, 2.24) is 25.4 Å². The van der Waals surface area contributed by atoms with Gasteiger partial charge in [0.15, 0.2) is 18.4 Å². The second-order valence-corrected chi connectivity index (χ2v) is 7.09. The molecule has 2 heterocycles. The zero-order chi connectivity index (χ0) is 21.4. The summed E-state index contributed by atoms with van der Waals surface area (Å²) in [5.74, 6) is 2.75. The Morgan fingerprint density at radius 1 is 1.13 bits per heavy atom. The van der Waals surface area contributed by atoms with Gasteiger partial charge in [0.2, 0.25) is 0 Å². The van der Waals surface area contributed by atoms with Crippen molar-refractivity contribution >= 4 is 5.96 Å². The molecule has 1 aromatic carbocycles. The van der Waals surface area contributed by atoms with Gasteiger partial charge in [-0.25, -0.2) is 4.99 Å². The molecule has 3 rings (SSSR count). The zero-order valence-corrected chi connectivity index (χ0v) is 17.0. The fourth-order valence-electron chi connectivity index (χ4n) is 3.21. The SMILES string of the molecule is CCNC(=NCc1ccc(OCC(F)(F)F)cc1)NCc1nnc2n1CCCCC2. The van der Waals surface area contributed by atoms with E-state index >= 15 is 0 Å². The highest BCUT2D eigenvalue weighted by Gasteiger charge is 2.28. The molecule has 1 aliphatic heterocycles. The van der Waals surface area contributed by atoms with Crippen molar-refractivity contribution in [1.29, 1.82) is 0 Å². The molecule has 1 aliphatic rings. The van der Waals surface area contributed by atoms with Crippen molar-refractivity contribution in [2.45, 2.75) is 58.4 Å². The lowest BCUT2D eigenvalue weighted by Gasteiger charge is -2.12. The van der Waals surface area contributed by atoms with Crippen molar-refractivity contribution in [3.05, 3.63) is 41.5 Å². The van der Waals surface area contributed by atoms with Crippen molar-refractivity contribution in [3.8, 4) is 5.75 Å². The summed E-state index contributed by atoms with van der Waals surface area (Å²) in [6.07, 6.45) is 0.104. The minimum absolute atomic E-state index is 0.178. The third kappa shape index (κ3) is 6.64. The number of hydrogen-bond donors (Lipinski definition) is 2. The second-order valence-electron chi connectivity index (χ2n) is 7.09. The number of ether oxygens (including phenoxy) is 1. The lowest BCUT2D eigenvalue weighted by molar-refractivity contribution is -0.153. The average Bonchev–Trinajstić information content (AvgIpc) is 2.94. The van der Waals surface area contributed by atoms with Crippen molar-refractivity contribution in [3.63, 3.8) is 0 Å². The molecular formula is C20H27F3N6O. The highest BCUT2D eigenvalue weighted by atomic mass is 19.4. The molecule has 0 radical (unpaired) electrons. The van der Waals surface area contributed by atoms with Crippen LogP contribution in [0.5, 0.6) is 5.75 Å². The summed E-state index contributed by atoms with van der Waals surface area (Å²) < 4.78 is 43.6. The van der Waals surface area contributed by atoms with Gasteiger partial charge in [0.1, 0.15) is 11.6 Å². The maximum Gasteiger partial charge on any atom is 0.422 e. The van der Waals surface area contributed by atoms with Gasteiger partial charge < -0.3 is 19.9 Å². The van der Waals surface area contributed by atoms with Gasteiger partial charge in [-0.2, -0.15) is 13.2 Å². The van der Waals surface area contributed by atoms with Crippen LogP contribution < -0.4 is 15.4 Å². The Labute approximate surface area is 173 Å². The fraction of sp³-hybridized carbons (Fsp3) is 0.550. The summed E-state index contributed by atoms with van der Waals surface area (Å²) in [6, 6.07) is 6.44. The van der Waals surface area contributed by atoms with Gasteiger partial charge in [-0.3, -0.25) is 0 Å². The molecule has 0 fully saturated rings. The first kappa shape index (κ1) is 21.9. The predicted molar refractivity (Wildman–Crippen MR) is 107 cm³/mol. The van der Waals surface area contributed by atoms with E-state index < -0.39 is 12.8 Å². The van der Waals surface area contributed by atoms with E-state index in [1.165, 1.54) is 18.6 Å². The van der Waals surface area contributed by atoms with Crippen LogP contribution in [0.15, 0.2) is 29.3 Å². The van der Waals surface area contributed by atoms with Crippen molar-refractivity contribution in [2.75, 3.05) is 13.2 Å². The molecule has 0 aliphatic carbocycles. The summed E-state index contributed by atoms with van der Waals surface area (Å²) in [5, 5.41) is 15.1. The van der Waals surface area contributed by atoms with E-state index in [2.05, 4.69) is 30.4 Å². The second kappa shape index (κ2) is 10.3. The van der Waals surface area contributed by atoms with E-state index in [0.29, 0.717) is 25.6 Å². The van der Waals surface area contributed by atoms with Gasteiger partial charge in [-0.15, -0.1) is 10.2 Å². The molecule has 10 heteroatoms. The zero-order valence-electron chi connectivity index (χ0n) is 17.0. The maximum atomic E-state index is 12.2. The largest absolute Gasteiger partial charge is 0.484 e. The molecular weight excluding hydrogens is 397 g/mol. The van der Waals surface area contributed by atoms with Crippen LogP contribution in [-0.2, 0) is 26.1 Å². The topological polar surface area (TPSA) is 76.4 Å². The summed E-state index contributed by atoms with van der Waals surface area (Å²) in [7, 11) is 0. The van der Waals surface area contributed by atoms with Crippen LogP contribution in [0.4, 0.5) is 13.2 Å². The summed E-state index contributed by atoms with van der Waals surface area (Å²) in [5.41, 5.74) is 0.864. The third-order valence-corrected chi connectivity index (χ3v) is 4.69. The number of aromatic nitrogens is 3. The molecule has 30 heavy (non-hydrogen) atoms. The molecule has 0 spiro atoms. The third-order valence-electron chi connectivity index (χ3n) is 4.69. The number of fused-ring (bicyclic) bond motifs is 1. The van der Waals surface area contributed by atoms with Gasteiger partial charge in [0, 0.05) is 19.5 Å². The summed E-state index contributed by atoms with van der Waals surface area (Å²) in [4.78, 5) is 4.54. The van der Waals surface area contributed by atoms with Crippen LogP contribution in [0, 0.1) is 0 Å². The van der Waals surface area contributed by atoms with Crippen LogP contribution >= 0.6 is 0 Å². The molecule has 7 nitrogen and oxygen atoms in total. The highest BCUT2D eigenvalue weighted by molar-refractivity contribution is 5.79. The molecule has 0 bridgehead atoms. The lowest BCUT2D eigenvalue weighted by atomic mass is 10.2. The standard InChI is InChI=1S/C20H27F3N6O/c1-2-24-19(26-13-18-28-27-17-6-4-3-5-11-29(17)18)25-12-15-7-9-16(10-8-15)30-14-20(21,22)23/h7-10H,2-6,11-14H2,1H3,(H2,24,25,26). The fourth-order valence-corrected chi connectivity index (χ4v) is 3.21. The van der Waals surface area contributed by atoms with Gasteiger partial charge in [-0.05, 0) is 37.5 Å². The Bertz CT molecular complexity index is 832. The first-order chi connectivity index (χ1) is 14.4. The van der Waals surface area contributed by atoms with Gasteiger partial charge in [0.05, 0.1) is 13.1 Å². The van der Waals surface area contributed by atoms with Gasteiger partial charge in [-0.1, -0.05) is 18.6 Å². The number of aryl methyl sites for hydroxylation is 1. The monoisotopic (exact) mass is 424 g/mol. The Kier molecular flexibility index (Phi) is 7.53. The quantitative estimate of drug-likeness (QED) is 0.527. The number of halogens is 3. The molecule has 0 atom stereocenters. The van der Waals surface area contributed by atoms with E-state index in [9.17, 15) is 13.2 Å². The average molecular weight is 424 g/mol. The van der Waals surface area contributed by atoms with E-state index in [1.54, 1.807) is 12.1 Å². The summed E-state index contributed by atoms with van der Waals surface area (Å²) in [6.45, 7) is 3.22. The van der Waals surface area contributed by atoms with Crippen LogP contribution in [0.3, 0.4) is 0 Å². The minimum Gasteiger partial charge on any atom is -0.484 e. The molecule has 0 saturated carbocycles. The minimum atomic E-state index is -4.35. The van der Waals surface area contributed by atoms with Gasteiger partial charge in [0.25, 0.3) is 0 Å². The molecule has 0 saturated heterocycles. The predicted octanol–water partition coefficient (Wildman–Crippen LogP) is 3.20. The number of benzene rings is 1. The Morgan fingerprint density at radius 2 is 1.93 bits per heavy atom. The van der Waals surface area contributed by atoms with Crippen molar-refractivity contribution < 1.29 is 17.9 Å². The number of rotatable bonds is 7. The number of nitrogens with one attached hydrogen (secondary N) is 2. The first-order valence-corrected chi connectivity index (χ1v) is 10.2. The Hall–Kier alpha value is -2.78. The number of hydrogen-bond acceptors (Lipinski definition) is 4. The Morgan fingerprint density at radius 3 is 2.67 bits per heavy atom. The van der Waals surface area contributed by atoms with E-state index in [4.69, 9.17) is 4.74 Å². The van der Waals surface area contributed by atoms with Crippen molar-refractivity contribution in [2.24, 2.45) is 4.99 Å². The van der Waals surface area contributed by atoms with E-state index in [1.807, 2.05) is 6.92 Å². The molecule has 164 valence electrons. The summed E-state index contributed by atoms with van der Waals surface area (Å²) >= 11 is 0. The molecule has 0 unspecified atom stereocenters. The number of nitrogens with zero attached hydrogens (tertiary/aromatic N) is 4. The first-order valence-electron chi connectivity index (χ1n) is 10.2. The van der Waals surface area contributed by atoms with Gasteiger partial charge >= 0.3 is 6.18 Å². The molecule has 2 aromatic rings. The van der Waals surface area contributed by atoms with Crippen LogP contribution in [0.1, 0.15) is 43.4 Å². The normalized spacial score (nSPS) is 14.7. The molecule has 1 aromatic heterocycles. The number of guanidine groups is 1. The number of alkyl halides is 3. The van der Waals surface area contributed by atoms with Crippen LogP contribution in [-0.4, -0.2) is 40.1 Å².